The number of rotatable bonds is 8. The summed E-state index contributed by atoms with van der Waals surface area (Å²) < 4.78 is 19.3. The molecular formula is C23H26FN3O3S. The third kappa shape index (κ3) is 3.50. The highest BCUT2D eigenvalue weighted by atomic mass is 32.1. The quantitative estimate of drug-likeness (QED) is 0.654. The number of thiophene rings is 1. The van der Waals surface area contributed by atoms with Gasteiger partial charge in [0.1, 0.15) is 0 Å². The monoisotopic (exact) mass is 443 g/mol. The average molecular weight is 444 g/mol. The molecule has 31 heavy (non-hydrogen) atoms. The maximum Gasteiger partial charge on any atom is 0.273 e. The Kier molecular flexibility index (Phi) is 5.00. The molecule has 3 aliphatic carbocycles. The van der Waals surface area contributed by atoms with E-state index in [1.807, 2.05) is 11.4 Å². The van der Waals surface area contributed by atoms with Crippen LogP contribution in [0.4, 0.5) is 4.39 Å². The van der Waals surface area contributed by atoms with Crippen molar-refractivity contribution < 1.29 is 18.7 Å². The van der Waals surface area contributed by atoms with Crippen LogP contribution < -0.4 is 15.4 Å². The molecule has 5 rings (SSSR count). The Labute approximate surface area is 184 Å². The summed E-state index contributed by atoms with van der Waals surface area (Å²) in [5.41, 5.74) is -0.220. The van der Waals surface area contributed by atoms with Gasteiger partial charge in [0.25, 0.3) is 5.91 Å². The number of aromatic nitrogens is 1. The Morgan fingerprint density at radius 1 is 1.29 bits per heavy atom. The van der Waals surface area contributed by atoms with Crippen molar-refractivity contribution in [3.8, 4) is 5.75 Å². The lowest BCUT2D eigenvalue weighted by Crippen LogP contribution is -2.43. The van der Waals surface area contributed by atoms with Gasteiger partial charge in [0, 0.05) is 47.5 Å². The van der Waals surface area contributed by atoms with E-state index in [0.717, 1.165) is 25.7 Å². The van der Waals surface area contributed by atoms with E-state index in [4.69, 9.17) is 4.74 Å². The number of hydrogen-bond acceptors (Lipinski definition) is 5. The molecule has 1 spiro atoms. The van der Waals surface area contributed by atoms with Crippen molar-refractivity contribution in [3.05, 3.63) is 46.2 Å². The molecule has 3 fully saturated rings. The molecule has 2 aromatic heterocycles. The van der Waals surface area contributed by atoms with Gasteiger partial charge in [-0.25, -0.2) is 9.37 Å². The van der Waals surface area contributed by atoms with Crippen molar-refractivity contribution in [2.45, 2.75) is 38.0 Å². The van der Waals surface area contributed by atoms with Crippen LogP contribution in [0.1, 0.15) is 53.4 Å². The second-order valence-corrected chi connectivity index (χ2v) is 10.1. The largest absolute Gasteiger partial charge is 0.494 e. The summed E-state index contributed by atoms with van der Waals surface area (Å²) in [6.07, 6.45) is 6.66. The van der Waals surface area contributed by atoms with E-state index in [-0.39, 0.29) is 34.1 Å². The lowest BCUT2D eigenvalue weighted by atomic mass is 9.75. The standard InChI is InChI=1S/C23H26FN3O3S/c1-30-16-5-8-25-19(18(16)24)21(29)27-13-23(11-22(23)6-3-7-22)12-26-20(28)15-10-14(15)17-4-2-9-31-17/h2,4-5,8-9,14-15H,3,6-7,10-13H2,1H3,(H,26,28)(H,27,29). The van der Waals surface area contributed by atoms with Crippen LogP contribution >= 0.6 is 11.3 Å². The first kappa shape index (κ1) is 20.4. The van der Waals surface area contributed by atoms with Crippen LogP contribution in [0.5, 0.6) is 5.75 Å². The third-order valence-corrected chi connectivity index (χ3v) is 8.50. The minimum absolute atomic E-state index is 0.00580. The molecule has 0 saturated heterocycles. The predicted octanol–water partition coefficient (Wildman–Crippen LogP) is 3.50. The van der Waals surface area contributed by atoms with Gasteiger partial charge >= 0.3 is 0 Å². The fourth-order valence-electron chi connectivity index (χ4n) is 5.24. The van der Waals surface area contributed by atoms with E-state index in [2.05, 4.69) is 21.7 Å². The zero-order valence-corrected chi connectivity index (χ0v) is 18.3. The summed E-state index contributed by atoms with van der Waals surface area (Å²) >= 11 is 1.70. The highest BCUT2D eigenvalue weighted by molar-refractivity contribution is 7.10. The molecular weight excluding hydrogens is 417 g/mol. The fraction of sp³-hybridized carbons (Fsp3) is 0.522. The molecule has 3 aliphatic rings. The second-order valence-electron chi connectivity index (χ2n) is 9.13. The molecule has 3 saturated carbocycles. The van der Waals surface area contributed by atoms with E-state index in [1.165, 1.54) is 30.7 Å². The number of methoxy groups -OCH3 is 1. The molecule has 164 valence electrons. The van der Waals surface area contributed by atoms with Crippen molar-refractivity contribution in [2.24, 2.45) is 16.7 Å². The molecule has 3 unspecified atom stereocenters. The van der Waals surface area contributed by atoms with Crippen molar-refractivity contribution in [1.82, 2.24) is 15.6 Å². The number of carbonyl (C=O) groups is 2. The van der Waals surface area contributed by atoms with Crippen LogP contribution in [0, 0.1) is 22.6 Å². The van der Waals surface area contributed by atoms with Gasteiger partial charge in [-0.1, -0.05) is 12.5 Å². The van der Waals surface area contributed by atoms with Gasteiger partial charge in [0.2, 0.25) is 5.91 Å². The van der Waals surface area contributed by atoms with Gasteiger partial charge < -0.3 is 15.4 Å². The molecule has 0 aliphatic heterocycles. The molecule has 0 aromatic carbocycles. The highest BCUT2D eigenvalue weighted by Gasteiger charge is 2.69. The Morgan fingerprint density at radius 3 is 2.74 bits per heavy atom. The molecule has 2 amide bonds. The van der Waals surface area contributed by atoms with Crippen LogP contribution in [0.25, 0.3) is 0 Å². The minimum Gasteiger partial charge on any atom is -0.494 e. The van der Waals surface area contributed by atoms with Gasteiger partial charge in [-0.2, -0.15) is 0 Å². The average Bonchev–Trinajstić information content (AvgIpc) is 3.62. The molecule has 2 N–H and O–H groups in total. The number of pyridine rings is 1. The van der Waals surface area contributed by atoms with E-state index in [1.54, 1.807) is 11.3 Å². The molecule has 2 aromatic rings. The number of nitrogens with one attached hydrogen (secondary N) is 2. The summed E-state index contributed by atoms with van der Waals surface area (Å²) in [4.78, 5) is 30.5. The van der Waals surface area contributed by atoms with Gasteiger partial charge in [0.15, 0.2) is 17.3 Å². The molecule has 6 nitrogen and oxygen atoms in total. The Morgan fingerprint density at radius 2 is 2.10 bits per heavy atom. The molecule has 8 heteroatoms. The summed E-state index contributed by atoms with van der Waals surface area (Å²) in [7, 11) is 1.35. The predicted molar refractivity (Wildman–Crippen MR) is 115 cm³/mol. The smallest absolute Gasteiger partial charge is 0.273 e. The summed E-state index contributed by atoms with van der Waals surface area (Å²) in [6.45, 7) is 0.956. The number of ether oxygens (including phenoxy) is 1. The zero-order valence-electron chi connectivity index (χ0n) is 17.4. The van der Waals surface area contributed by atoms with Crippen LogP contribution in [-0.4, -0.2) is 37.0 Å². The van der Waals surface area contributed by atoms with Crippen molar-refractivity contribution in [2.75, 3.05) is 20.2 Å². The van der Waals surface area contributed by atoms with Crippen LogP contribution in [-0.2, 0) is 4.79 Å². The first-order chi connectivity index (χ1) is 15.0. The summed E-state index contributed by atoms with van der Waals surface area (Å²) in [5.74, 6) is -0.818. The van der Waals surface area contributed by atoms with Crippen LogP contribution in [0.15, 0.2) is 29.8 Å². The number of carbonyl (C=O) groups excluding carboxylic acids is 2. The first-order valence-corrected chi connectivity index (χ1v) is 11.6. The molecule has 0 bridgehead atoms. The SMILES string of the molecule is COc1ccnc(C(=O)NCC2(CNC(=O)C3CC3c3cccs3)CC23CCC3)c1F. The fourth-order valence-corrected chi connectivity index (χ4v) is 6.15. The van der Waals surface area contributed by atoms with E-state index >= 15 is 0 Å². The highest BCUT2D eigenvalue weighted by Crippen LogP contribution is 2.73. The molecule has 2 heterocycles. The maximum atomic E-state index is 14.4. The number of amides is 2. The van der Waals surface area contributed by atoms with Crippen molar-refractivity contribution in [3.63, 3.8) is 0 Å². The van der Waals surface area contributed by atoms with E-state index in [9.17, 15) is 14.0 Å². The lowest BCUT2D eigenvalue weighted by Gasteiger charge is -2.33. The van der Waals surface area contributed by atoms with Gasteiger partial charge in [-0.15, -0.1) is 11.3 Å². The van der Waals surface area contributed by atoms with Crippen molar-refractivity contribution >= 4 is 23.2 Å². The molecule has 0 radical (unpaired) electrons. The number of halogens is 1. The number of hydrogen-bond donors (Lipinski definition) is 2. The summed E-state index contributed by atoms with van der Waals surface area (Å²) in [5, 5.41) is 8.08. The Bertz CT molecular complexity index is 1010. The second kappa shape index (κ2) is 7.58. The Balaban J connectivity index is 1.20. The van der Waals surface area contributed by atoms with Gasteiger partial charge in [-0.05, 0) is 42.5 Å². The van der Waals surface area contributed by atoms with Gasteiger partial charge in [0.05, 0.1) is 7.11 Å². The molecule has 3 atom stereocenters. The van der Waals surface area contributed by atoms with Crippen LogP contribution in [0.3, 0.4) is 0 Å². The van der Waals surface area contributed by atoms with E-state index < -0.39 is 11.7 Å². The topological polar surface area (TPSA) is 80.3 Å². The lowest BCUT2D eigenvalue weighted by molar-refractivity contribution is -0.122. The minimum atomic E-state index is -0.757. The first-order valence-electron chi connectivity index (χ1n) is 10.8. The van der Waals surface area contributed by atoms with Crippen molar-refractivity contribution in [1.29, 1.82) is 0 Å². The summed E-state index contributed by atoms with van der Waals surface area (Å²) in [6, 6.07) is 5.50. The number of nitrogens with zero attached hydrogens (tertiary/aromatic N) is 1. The maximum absolute atomic E-state index is 14.4. The Hall–Kier alpha value is -2.48. The van der Waals surface area contributed by atoms with Crippen LogP contribution in [0.2, 0.25) is 0 Å². The zero-order chi connectivity index (χ0) is 21.6. The van der Waals surface area contributed by atoms with E-state index in [0.29, 0.717) is 19.0 Å². The van der Waals surface area contributed by atoms with Gasteiger partial charge in [-0.3, -0.25) is 9.59 Å². The third-order valence-electron chi connectivity index (χ3n) is 7.50. The normalized spacial score (nSPS) is 27.3.